The molecule has 1 saturated carbocycles. The summed E-state index contributed by atoms with van der Waals surface area (Å²) >= 11 is 0. The van der Waals surface area contributed by atoms with Gasteiger partial charge in [0.2, 0.25) is 0 Å². The summed E-state index contributed by atoms with van der Waals surface area (Å²) < 4.78 is 0. The number of nitrogens with one attached hydrogen (secondary N) is 1. The number of pyridine rings is 1. The molecule has 1 aromatic heterocycles. The lowest BCUT2D eigenvalue weighted by Gasteiger charge is -2.25. The average molecular weight is 272 g/mol. The molecule has 1 fully saturated rings. The Morgan fingerprint density at radius 1 is 1.50 bits per heavy atom. The molecule has 0 unspecified atom stereocenters. The monoisotopic (exact) mass is 272 g/mol. The molecule has 2 rings (SSSR count). The molecule has 4 nitrogen and oxygen atoms in total. The number of hydrogen-bond donors (Lipinski definition) is 2. The number of carbonyl (C=O) groups is 1. The molecule has 0 bridgehead atoms. The fourth-order valence-corrected chi connectivity index (χ4v) is 2.53. The van der Waals surface area contributed by atoms with Crippen LogP contribution in [0.5, 0.6) is 0 Å². The summed E-state index contributed by atoms with van der Waals surface area (Å²) in [7, 11) is 0. The van der Waals surface area contributed by atoms with Crippen LogP contribution in [0.2, 0.25) is 0 Å². The first-order valence-corrected chi connectivity index (χ1v) is 7.01. The van der Waals surface area contributed by atoms with Crippen LogP contribution in [0.15, 0.2) is 18.5 Å². The number of aliphatic hydroxyl groups is 1. The highest BCUT2D eigenvalue weighted by Crippen LogP contribution is 2.29. The van der Waals surface area contributed by atoms with Crippen LogP contribution in [0.4, 0.5) is 0 Å². The minimum atomic E-state index is -0.101. The van der Waals surface area contributed by atoms with E-state index in [1.54, 1.807) is 18.5 Å². The second kappa shape index (κ2) is 6.53. The number of amides is 1. The van der Waals surface area contributed by atoms with Gasteiger partial charge >= 0.3 is 0 Å². The van der Waals surface area contributed by atoms with E-state index in [4.69, 9.17) is 5.11 Å². The van der Waals surface area contributed by atoms with Crippen molar-refractivity contribution < 1.29 is 9.90 Å². The number of aliphatic hydroxyl groups excluding tert-OH is 1. The first kappa shape index (κ1) is 14.5. The first-order chi connectivity index (χ1) is 9.64. The summed E-state index contributed by atoms with van der Waals surface area (Å²) in [4.78, 5) is 16.4. The average Bonchev–Trinajstić information content (AvgIpc) is 2.86. The van der Waals surface area contributed by atoms with Crippen molar-refractivity contribution in [2.24, 2.45) is 0 Å². The predicted octanol–water partition coefficient (Wildman–Crippen LogP) is 1.88. The molecule has 0 saturated heterocycles. The van der Waals surface area contributed by atoms with Gasteiger partial charge in [0.15, 0.2) is 0 Å². The van der Waals surface area contributed by atoms with Crippen molar-refractivity contribution in [2.45, 2.75) is 44.6 Å². The third-order valence-electron chi connectivity index (χ3n) is 3.65. The predicted molar refractivity (Wildman–Crippen MR) is 77.2 cm³/mol. The summed E-state index contributed by atoms with van der Waals surface area (Å²) in [5, 5.41) is 11.9. The second-order valence-electron chi connectivity index (χ2n) is 5.42. The molecule has 0 spiro atoms. The highest BCUT2D eigenvalue weighted by molar-refractivity contribution is 5.97. The Labute approximate surface area is 119 Å². The molecule has 1 aliphatic rings. The lowest BCUT2D eigenvalue weighted by Crippen LogP contribution is -2.43. The number of carbonyl (C=O) groups excluding carboxylic acids is 1. The summed E-state index contributed by atoms with van der Waals surface area (Å²) in [6.45, 7) is 2.11. The van der Waals surface area contributed by atoms with Gasteiger partial charge in [-0.1, -0.05) is 24.7 Å². The van der Waals surface area contributed by atoms with Crippen molar-refractivity contribution in [3.63, 3.8) is 0 Å². The molecule has 0 atom stereocenters. The molecule has 0 aliphatic heterocycles. The van der Waals surface area contributed by atoms with Crippen molar-refractivity contribution in [2.75, 3.05) is 6.61 Å². The Balaban J connectivity index is 2.15. The molecule has 0 aromatic carbocycles. The molecule has 1 amide bonds. The van der Waals surface area contributed by atoms with E-state index in [2.05, 4.69) is 29.1 Å². The molecule has 0 radical (unpaired) electrons. The molecule has 1 aliphatic carbocycles. The number of aromatic nitrogens is 1. The van der Waals surface area contributed by atoms with E-state index in [0.717, 1.165) is 25.7 Å². The molecule has 2 N–H and O–H groups in total. The van der Waals surface area contributed by atoms with Gasteiger partial charge in [-0.2, -0.15) is 0 Å². The summed E-state index contributed by atoms with van der Waals surface area (Å²) in [5.41, 5.74) is 1.06. The summed E-state index contributed by atoms with van der Waals surface area (Å²) in [6, 6.07) is 1.69. The van der Waals surface area contributed by atoms with Gasteiger partial charge in [0.05, 0.1) is 17.7 Å². The normalized spacial score (nSPS) is 16.3. The molecule has 1 heterocycles. The van der Waals surface area contributed by atoms with Gasteiger partial charge in [0.1, 0.15) is 0 Å². The van der Waals surface area contributed by atoms with Gasteiger partial charge < -0.3 is 10.4 Å². The molecule has 106 valence electrons. The van der Waals surface area contributed by atoms with E-state index < -0.39 is 0 Å². The Bertz CT molecular complexity index is 537. The van der Waals surface area contributed by atoms with E-state index in [9.17, 15) is 4.79 Å². The van der Waals surface area contributed by atoms with Crippen LogP contribution in [0.25, 0.3) is 0 Å². The van der Waals surface area contributed by atoms with Crippen molar-refractivity contribution in [1.82, 2.24) is 10.3 Å². The smallest absolute Gasteiger partial charge is 0.253 e. The number of rotatable bonds is 3. The Kier molecular flexibility index (Phi) is 4.75. The topological polar surface area (TPSA) is 62.2 Å². The van der Waals surface area contributed by atoms with E-state index in [1.807, 2.05) is 0 Å². The highest BCUT2D eigenvalue weighted by atomic mass is 16.2. The van der Waals surface area contributed by atoms with Crippen LogP contribution >= 0.6 is 0 Å². The molecular weight excluding hydrogens is 252 g/mol. The summed E-state index contributed by atoms with van der Waals surface area (Å²) in [5.74, 6) is 5.64. The zero-order valence-corrected chi connectivity index (χ0v) is 11.8. The minimum Gasteiger partial charge on any atom is -0.395 e. The lowest BCUT2D eigenvalue weighted by molar-refractivity contribution is 0.0907. The van der Waals surface area contributed by atoms with Crippen LogP contribution in [-0.4, -0.2) is 28.1 Å². The largest absolute Gasteiger partial charge is 0.395 e. The Morgan fingerprint density at radius 3 is 2.95 bits per heavy atom. The Morgan fingerprint density at radius 2 is 2.25 bits per heavy atom. The van der Waals surface area contributed by atoms with Gasteiger partial charge in [0.25, 0.3) is 5.91 Å². The molecular formula is C16H20N2O2. The van der Waals surface area contributed by atoms with Crippen molar-refractivity contribution in [3.8, 4) is 11.8 Å². The first-order valence-electron chi connectivity index (χ1n) is 7.01. The SMILES string of the molecule is CC1(NC(=O)c2ccncc2C#CCCO)CCCC1. The summed E-state index contributed by atoms with van der Waals surface area (Å²) in [6.07, 6.45) is 7.96. The van der Waals surface area contributed by atoms with E-state index in [0.29, 0.717) is 17.5 Å². The quantitative estimate of drug-likeness (QED) is 0.826. The number of nitrogens with zero attached hydrogens (tertiary/aromatic N) is 1. The van der Waals surface area contributed by atoms with E-state index in [1.165, 1.54) is 0 Å². The lowest BCUT2D eigenvalue weighted by atomic mass is 9.99. The van der Waals surface area contributed by atoms with E-state index in [-0.39, 0.29) is 18.1 Å². The number of hydrogen-bond acceptors (Lipinski definition) is 3. The van der Waals surface area contributed by atoms with Crippen molar-refractivity contribution in [1.29, 1.82) is 0 Å². The maximum absolute atomic E-state index is 12.4. The zero-order valence-electron chi connectivity index (χ0n) is 11.8. The van der Waals surface area contributed by atoms with Crippen molar-refractivity contribution in [3.05, 3.63) is 29.6 Å². The standard InChI is InChI=1S/C16H20N2O2/c1-16(8-3-4-9-16)18-15(20)14-7-10-17-12-13(14)6-2-5-11-19/h7,10,12,19H,3-5,8-9,11H2,1H3,(H,18,20). The fraction of sp³-hybridized carbons (Fsp3) is 0.500. The molecule has 20 heavy (non-hydrogen) atoms. The van der Waals surface area contributed by atoms with E-state index >= 15 is 0 Å². The van der Waals surface area contributed by atoms with Gasteiger partial charge in [-0.05, 0) is 25.8 Å². The highest BCUT2D eigenvalue weighted by Gasteiger charge is 2.30. The van der Waals surface area contributed by atoms with Gasteiger partial charge in [-0.15, -0.1) is 0 Å². The molecule has 1 aromatic rings. The van der Waals surface area contributed by atoms with Crippen LogP contribution < -0.4 is 5.32 Å². The fourth-order valence-electron chi connectivity index (χ4n) is 2.53. The van der Waals surface area contributed by atoms with Gasteiger partial charge in [0, 0.05) is 24.4 Å². The van der Waals surface area contributed by atoms with Gasteiger partial charge in [-0.25, -0.2) is 0 Å². The minimum absolute atomic E-state index is 0.0207. The zero-order chi connectivity index (χ0) is 14.4. The maximum atomic E-state index is 12.4. The van der Waals surface area contributed by atoms with Crippen LogP contribution in [-0.2, 0) is 0 Å². The van der Waals surface area contributed by atoms with Crippen LogP contribution in [0.1, 0.15) is 54.9 Å². The third kappa shape index (κ3) is 3.58. The van der Waals surface area contributed by atoms with Gasteiger partial charge in [-0.3, -0.25) is 9.78 Å². The molecule has 4 heteroatoms. The maximum Gasteiger partial charge on any atom is 0.253 e. The Hall–Kier alpha value is -1.86. The third-order valence-corrected chi connectivity index (χ3v) is 3.65. The van der Waals surface area contributed by atoms with Crippen LogP contribution in [0, 0.1) is 11.8 Å². The van der Waals surface area contributed by atoms with Crippen LogP contribution in [0.3, 0.4) is 0 Å². The second-order valence-corrected chi connectivity index (χ2v) is 5.42. The van der Waals surface area contributed by atoms with Crippen molar-refractivity contribution >= 4 is 5.91 Å².